The maximum Gasteiger partial charge on any atom is 0.400 e. The van der Waals surface area contributed by atoms with Crippen LogP contribution in [-0.4, -0.2) is 22.0 Å². The molecular weight excluding hydrogens is 358 g/mol. The molecule has 0 bridgehead atoms. The Morgan fingerprint density at radius 3 is 2.52 bits per heavy atom. The number of amides is 1. The molecule has 8 heteroatoms. The highest BCUT2D eigenvalue weighted by Gasteiger charge is 2.34. The summed E-state index contributed by atoms with van der Waals surface area (Å²) >= 11 is 0. The van der Waals surface area contributed by atoms with Crippen molar-refractivity contribution in [3.63, 3.8) is 0 Å². The van der Waals surface area contributed by atoms with Crippen LogP contribution in [-0.2, 0) is 17.3 Å². The number of hydrogen-bond acceptors (Lipinski definition) is 2. The lowest BCUT2D eigenvalue weighted by atomic mass is 10.1. The molecule has 1 amide bonds. The van der Waals surface area contributed by atoms with Crippen molar-refractivity contribution in [1.82, 2.24) is 0 Å². The number of benzene rings is 2. The predicted octanol–water partition coefficient (Wildman–Crippen LogP) is 3.96. The van der Waals surface area contributed by atoms with Crippen LogP contribution in [0.15, 0.2) is 41.3 Å². The Morgan fingerprint density at radius 1 is 1.20 bits per heavy atom. The molecule has 0 saturated carbocycles. The molecule has 3 nitrogen and oxygen atoms in total. The fourth-order valence-electron chi connectivity index (χ4n) is 2.77. The lowest BCUT2D eigenvalue weighted by Crippen LogP contribution is -2.25. The molecule has 0 spiro atoms. The van der Waals surface area contributed by atoms with E-state index in [0.29, 0.717) is 11.1 Å². The molecule has 0 fully saturated rings. The van der Waals surface area contributed by atoms with Gasteiger partial charge in [-0.2, -0.15) is 13.2 Å². The number of rotatable bonds is 3. The van der Waals surface area contributed by atoms with Gasteiger partial charge in [-0.1, -0.05) is 18.2 Å². The highest BCUT2D eigenvalue weighted by Crippen LogP contribution is 2.33. The Labute approximate surface area is 143 Å². The van der Waals surface area contributed by atoms with E-state index >= 15 is 0 Å². The van der Waals surface area contributed by atoms with Crippen LogP contribution in [0.3, 0.4) is 0 Å². The quantitative estimate of drug-likeness (QED) is 0.766. The van der Waals surface area contributed by atoms with Gasteiger partial charge in [-0.25, -0.2) is 4.39 Å². The molecule has 1 atom stereocenters. The summed E-state index contributed by atoms with van der Waals surface area (Å²) < 4.78 is 63.9. The van der Waals surface area contributed by atoms with Crippen LogP contribution in [0.25, 0.3) is 0 Å². The van der Waals surface area contributed by atoms with Gasteiger partial charge in [0.25, 0.3) is 5.91 Å². The summed E-state index contributed by atoms with van der Waals surface area (Å²) in [4.78, 5) is 13.5. The zero-order valence-corrected chi connectivity index (χ0v) is 13.9. The summed E-state index contributed by atoms with van der Waals surface area (Å²) in [7, 11) is -2.37. The average molecular weight is 371 g/mol. The smallest absolute Gasteiger partial charge is 0.301 e. The van der Waals surface area contributed by atoms with E-state index in [1.165, 1.54) is 6.92 Å². The van der Waals surface area contributed by atoms with Crippen molar-refractivity contribution in [2.24, 2.45) is 0 Å². The van der Waals surface area contributed by atoms with Crippen LogP contribution < -0.4 is 4.90 Å². The number of fused-ring (bicyclic) bond motifs is 1. The molecular formula is C17H13F4NO2S. The predicted molar refractivity (Wildman–Crippen MR) is 85.4 cm³/mol. The number of anilines is 1. The number of hydrogen-bond donors (Lipinski definition) is 0. The monoisotopic (exact) mass is 371 g/mol. The first-order valence-electron chi connectivity index (χ1n) is 7.32. The summed E-state index contributed by atoms with van der Waals surface area (Å²) in [5.74, 6) is -2.70. The summed E-state index contributed by atoms with van der Waals surface area (Å²) in [5.41, 5.74) is 1.09. The third kappa shape index (κ3) is 3.44. The maximum absolute atomic E-state index is 14.4. The Morgan fingerprint density at radius 2 is 1.88 bits per heavy atom. The topological polar surface area (TPSA) is 37.4 Å². The molecule has 1 aliphatic heterocycles. The van der Waals surface area contributed by atoms with Gasteiger partial charge in [-0.05, 0) is 36.2 Å². The van der Waals surface area contributed by atoms with Crippen molar-refractivity contribution in [3.05, 3.63) is 58.9 Å². The Balaban J connectivity index is 2.00. The number of carbonyl (C=O) groups is 1. The lowest BCUT2D eigenvalue weighted by Gasteiger charge is -2.19. The number of alkyl halides is 3. The molecule has 0 aliphatic carbocycles. The number of carbonyl (C=O) groups excluding carboxylic acids is 1. The molecule has 0 radical (unpaired) electrons. The number of aryl methyl sites for hydroxylation is 1. The van der Waals surface area contributed by atoms with Crippen molar-refractivity contribution in [2.75, 3.05) is 10.7 Å². The third-order valence-electron chi connectivity index (χ3n) is 3.90. The molecule has 1 heterocycles. The molecule has 0 aromatic heterocycles. The Kier molecular flexibility index (Phi) is 4.40. The van der Waals surface area contributed by atoms with E-state index in [1.807, 2.05) is 0 Å². The molecule has 25 heavy (non-hydrogen) atoms. The van der Waals surface area contributed by atoms with Gasteiger partial charge >= 0.3 is 6.18 Å². The highest BCUT2D eigenvalue weighted by molar-refractivity contribution is 7.85. The van der Waals surface area contributed by atoms with Gasteiger partial charge in [0.2, 0.25) is 0 Å². The van der Waals surface area contributed by atoms with Gasteiger partial charge in [0.05, 0.1) is 23.0 Å². The van der Waals surface area contributed by atoms with Crippen molar-refractivity contribution in [3.8, 4) is 0 Å². The van der Waals surface area contributed by atoms with Crippen LogP contribution in [0.2, 0.25) is 0 Å². The molecule has 132 valence electrons. The zero-order valence-electron chi connectivity index (χ0n) is 13.1. The van der Waals surface area contributed by atoms with Crippen molar-refractivity contribution in [2.45, 2.75) is 24.5 Å². The van der Waals surface area contributed by atoms with Crippen molar-refractivity contribution in [1.29, 1.82) is 0 Å². The summed E-state index contributed by atoms with van der Waals surface area (Å²) in [6.07, 6.45) is -4.61. The number of nitrogens with zero attached hydrogens (tertiary/aromatic N) is 1. The Bertz CT molecular complexity index is 879. The maximum atomic E-state index is 14.4. The first kappa shape index (κ1) is 17.6. The van der Waals surface area contributed by atoms with Crippen LogP contribution in [0.1, 0.15) is 21.5 Å². The second-order valence-electron chi connectivity index (χ2n) is 5.72. The second-order valence-corrected chi connectivity index (χ2v) is 7.14. The molecule has 2 aromatic rings. The largest absolute Gasteiger partial charge is 0.400 e. The third-order valence-corrected chi connectivity index (χ3v) is 5.42. The van der Waals surface area contributed by atoms with Gasteiger partial charge in [0, 0.05) is 10.5 Å². The lowest BCUT2D eigenvalue weighted by molar-refractivity contribution is -0.105. The fourth-order valence-corrected chi connectivity index (χ4v) is 3.88. The average Bonchev–Trinajstić information content (AvgIpc) is 2.83. The van der Waals surface area contributed by atoms with Gasteiger partial charge in [-0.15, -0.1) is 0 Å². The molecule has 3 rings (SSSR count). The van der Waals surface area contributed by atoms with Crippen molar-refractivity contribution >= 4 is 22.4 Å². The SMILES string of the molecule is Cc1cc(F)c(N2Cc3ccccc3C2=O)cc1[S@](=O)CC(F)(F)F. The van der Waals surface area contributed by atoms with E-state index in [9.17, 15) is 26.6 Å². The van der Waals surface area contributed by atoms with Gasteiger partial charge in [-0.3, -0.25) is 9.00 Å². The minimum atomic E-state index is -4.61. The molecule has 1 aliphatic rings. The van der Waals surface area contributed by atoms with E-state index < -0.39 is 34.5 Å². The normalized spacial score (nSPS) is 15.4. The second kappa shape index (κ2) is 6.25. The minimum Gasteiger partial charge on any atom is -0.301 e. The molecule has 0 saturated heterocycles. The standard InChI is InChI=1S/C17H13F4NO2S/c1-10-6-13(18)14(7-15(10)25(24)9-17(19,20)21)22-8-11-4-2-3-5-12(11)16(22)23/h2-7H,8-9H2,1H3/t25-/m1/s1. The minimum absolute atomic E-state index is 0.111. The molecule has 0 N–H and O–H groups in total. The zero-order chi connectivity index (χ0) is 18.4. The van der Waals surface area contributed by atoms with Gasteiger partial charge < -0.3 is 4.90 Å². The van der Waals surface area contributed by atoms with E-state index in [0.717, 1.165) is 17.0 Å². The van der Waals surface area contributed by atoms with E-state index in [1.54, 1.807) is 24.3 Å². The summed E-state index contributed by atoms with van der Waals surface area (Å²) in [5, 5.41) is 0. The first-order valence-corrected chi connectivity index (χ1v) is 8.64. The van der Waals surface area contributed by atoms with Gasteiger partial charge in [0.1, 0.15) is 11.6 Å². The van der Waals surface area contributed by atoms with Crippen LogP contribution >= 0.6 is 0 Å². The van der Waals surface area contributed by atoms with E-state index in [-0.39, 0.29) is 22.7 Å². The van der Waals surface area contributed by atoms with Crippen molar-refractivity contribution < 1.29 is 26.6 Å². The fraction of sp³-hybridized carbons (Fsp3) is 0.235. The van der Waals surface area contributed by atoms with E-state index in [2.05, 4.69) is 0 Å². The highest BCUT2D eigenvalue weighted by atomic mass is 32.2. The number of halogens is 4. The first-order chi connectivity index (χ1) is 11.7. The summed E-state index contributed by atoms with van der Waals surface area (Å²) in [6, 6.07) is 8.83. The molecule has 2 aromatic carbocycles. The van der Waals surface area contributed by atoms with Crippen LogP contribution in [0.5, 0.6) is 0 Å². The van der Waals surface area contributed by atoms with Crippen LogP contribution in [0.4, 0.5) is 23.2 Å². The molecule has 0 unspecified atom stereocenters. The Hall–Kier alpha value is -2.22. The summed E-state index contributed by atoms with van der Waals surface area (Å²) in [6.45, 7) is 1.50. The van der Waals surface area contributed by atoms with Crippen LogP contribution in [0, 0.1) is 12.7 Å². The van der Waals surface area contributed by atoms with Gasteiger partial charge in [0.15, 0.2) is 0 Å². The van der Waals surface area contributed by atoms with E-state index in [4.69, 9.17) is 0 Å².